The molecular weight excluding hydrogens is 390 g/mol. The maximum atomic E-state index is 13.1. The minimum atomic E-state index is -1.16. The van der Waals surface area contributed by atoms with E-state index in [2.05, 4.69) is 22.8 Å². The lowest BCUT2D eigenvalue weighted by molar-refractivity contribution is -0.134. The summed E-state index contributed by atoms with van der Waals surface area (Å²) in [4.78, 5) is 39.3. The molecule has 0 aromatic heterocycles. The van der Waals surface area contributed by atoms with E-state index >= 15 is 0 Å². The van der Waals surface area contributed by atoms with Crippen molar-refractivity contribution in [1.82, 2.24) is 15.5 Å². The lowest BCUT2D eigenvalue weighted by atomic mass is 9.79. The quantitative estimate of drug-likeness (QED) is 0.705. The van der Waals surface area contributed by atoms with Crippen LogP contribution in [-0.4, -0.2) is 35.8 Å². The highest BCUT2D eigenvalue weighted by molar-refractivity contribution is 6.09. The van der Waals surface area contributed by atoms with Gasteiger partial charge in [-0.3, -0.25) is 14.5 Å². The van der Waals surface area contributed by atoms with Crippen LogP contribution in [0.2, 0.25) is 0 Å². The molecule has 0 bridgehead atoms. The molecule has 1 atom stereocenters. The van der Waals surface area contributed by atoms with Gasteiger partial charge in [0.1, 0.15) is 12.1 Å². The molecule has 2 aromatic rings. The number of amides is 4. The van der Waals surface area contributed by atoms with Gasteiger partial charge in [-0.25, -0.2) is 4.79 Å². The third kappa shape index (κ3) is 3.94. The summed E-state index contributed by atoms with van der Waals surface area (Å²) in [5, 5.41) is 5.75. The van der Waals surface area contributed by atoms with Crippen molar-refractivity contribution in [3.8, 4) is 0 Å². The lowest BCUT2D eigenvalue weighted by Gasteiger charge is -2.30. The van der Waals surface area contributed by atoms with Gasteiger partial charge in [0.15, 0.2) is 0 Å². The van der Waals surface area contributed by atoms with Crippen LogP contribution >= 0.6 is 0 Å². The molecule has 1 unspecified atom stereocenters. The van der Waals surface area contributed by atoms with Crippen LogP contribution < -0.4 is 10.6 Å². The summed E-state index contributed by atoms with van der Waals surface area (Å²) in [5.41, 5.74) is 1.76. The first-order chi connectivity index (χ1) is 14.8. The first-order valence-corrected chi connectivity index (χ1v) is 10.9. The fourth-order valence-corrected chi connectivity index (χ4v) is 4.80. The number of urea groups is 1. The van der Waals surface area contributed by atoms with Crippen molar-refractivity contribution in [2.45, 2.75) is 50.5 Å². The Hall–Kier alpha value is -3.15. The second-order valence-electron chi connectivity index (χ2n) is 8.94. The number of benzene rings is 2. The molecular formula is C25H29N3O3. The zero-order valence-electron chi connectivity index (χ0n) is 18.1. The Labute approximate surface area is 183 Å². The van der Waals surface area contributed by atoms with Crippen LogP contribution in [0.3, 0.4) is 0 Å². The largest absolute Gasteiger partial charge is 0.354 e. The van der Waals surface area contributed by atoms with Gasteiger partial charge in [0.05, 0.1) is 0 Å². The first-order valence-electron chi connectivity index (χ1n) is 10.9. The maximum Gasteiger partial charge on any atom is 0.325 e. The molecule has 0 spiro atoms. The van der Waals surface area contributed by atoms with Crippen molar-refractivity contribution in [3.05, 3.63) is 71.3 Å². The van der Waals surface area contributed by atoms with Gasteiger partial charge >= 0.3 is 6.03 Å². The number of imide groups is 1. The summed E-state index contributed by atoms with van der Waals surface area (Å²) in [5.74, 6) is -0.728. The Kier molecular flexibility index (Phi) is 5.56. The van der Waals surface area contributed by atoms with E-state index in [0.29, 0.717) is 12.1 Å². The molecule has 1 saturated carbocycles. The van der Waals surface area contributed by atoms with Crippen LogP contribution in [0.4, 0.5) is 4.79 Å². The van der Waals surface area contributed by atoms with Gasteiger partial charge in [-0.2, -0.15) is 0 Å². The number of carbonyl (C=O) groups is 3. The average molecular weight is 420 g/mol. The van der Waals surface area contributed by atoms with Gasteiger partial charge in [0, 0.05) is 12.0 Å². The number of carbonyl (C=O) groups excluding carboxylic acids is 3. The van der Waals surface area contributed by atoms with Gasteiger partial charge in [-0.1, -0.05) is 73.0 Å². The molecule has 2 aromatic carbocycles. The molecule has 31 heavy (non-hydrogen) atoms. The molecule has 1 heterocycles. The monoisotopic (exact) mass is 419 g/mol. The molecule has 2 N–H and O–H groups in total. The number of nitrogens with zero attached hydrogens (tertiary/aromatic N) is 1. The summed E-state index contributed by atoms with van der Waals surface area (Å²) in [7, 11) is 0. The third-order valence-electron chi connectivity index (χ3n) is 6.78. The van der Waals surface area contributed by atoms with E-state index in [1.807, 2.05) is 49.4 Å². The molecule has 1 aliphatic heterocycles. The van der Waals surface area contributed by atoms with Crippen LogP contribution in [0.15, 0.2) is 54.6 Å². The van der Waals surface area contributed by atoms with E-state index in [9.17, 15) is 14.4 Å². The van der Waals surface area contributed by atoms with Gasteiger partial charge in [-0.15, -0.1) is 0 Å². The molecule has 1 saturated heterocycles. The molecule has 4 amide bonds. The number of rotatable bonds is 6. The van der Waals surface area contributed by atoms with Crippen molar-refractivity contribution in [3.63, 3.8) is 0 Å². The van der Waals surface area contributed by atoms with Crippen LogP contribution in [0.25, 0.3) is 0 Å². The Morgan fingerprint density at radius 2 is 1.65 bits per heavy atom. The minimum Gasteiger partial charge on any atom is -0.354 e. The Morgan fingerprint density at radius 1 is 1.00 bits per heavy atom. The number of hydrogen-bond acceptors (Lipinski definition) is 3. The number of hydrogen-bond donors (Lipinski definition) is 2. The third-order valence-corrected chi connectivity index (χ3v) is 6.78. The molecule has 1 aliphatic carbocycles. The SMILES string of the molecule is Cc1ccc(C2(C)NC(=O)N(CC(=O)NCC3(c4ccccc4)CCCC3)C2=O)cc1. The molecule has 6 nitrogen and oxygen atoms in total. The topological polar surface area (TPSA) is 78.5 Å². The van der Waals surface area contributed by atoms with Gasteiger partial charge in [0.2, 0.25) is 5.91 Å². The van der Waals surface area contributed by atoms with Crippen molar-refractivity contribution in [2.75, 3.05) is 13.1 Å². The van der Waals surface area contributed by atoms with Gasteiger partial charge in [0.25, 0.3) is 5.91 Å². The molecule has 2 aliphatic rings. The predicted octanol–water partition coefficient (Wildman–Crippen LogP) is 3.39. The van der Waals surface area contributed by atoms with E-state index < -0.39 is 17.5 Å². The van der Waals surface area contributed by atoms with Gasteiger partial charge in [-0.05, 0) is 37.8 Å². The minimum absolute atomic E-state index is 0.0788. The van der Waals surface area contributed by atoms with E-state index in [-0.39, 0.29) is 17.9 Å². The zero-order chi connectivity index (χ0) is 22.1. The number of nitrogens with one attached hydrogen (secondary N) is 2. The first kappa shape index (κ1) is 21.1. The highest BCUT2D eigenvalue weighted by atomic mass is 16.2. The second kappa shape index (κ2) is 8.17. The summed E-state index contributed by atoms with van der Waals surface area (Å²) in [6.45, 7) is 3.87. The van der Waals surface area contributed by atoms with Crippen LogP contribution in [0.1, 0.15) is 49.3 Å². The summed E-state index contributed by atoms with van der Waals surface area (Å²) in [6, 6.07) is 17.2. The summed E-state index contributed by atoms with van der Waals surface area (Å²) in [6.07, 6.45) is 4.30. The maximum absolute atomic E-state index is 13.1. The van der Waals surface area contributed by atoms with E-state index in [1.54, 1.807) is 6.92 Å². The smallest absolute Gasteiger partial charge is 0.325 e. The predicted molar refractivity (Wildman–Crippen MR) is 118 cm³/mol. The van der Waals surface area contributed by atoms with E-state index in [0.717, 1.165) is 36.1 Å². The average Bonchev–Trinajstić information content (AvgIpc) is 3.34. The molecule has 6 heteroatoms. The normalized spacial score (nSPS) is 22.5. The summed E-state index contributed by atoms with van der Waals surface area (Å²) < 4.78 is 0. The molecule has 4 rings (SSSR count). The Morgan fingerprint density at radius 3 is 2.29 bits per heavy atom. The van der Waals surface area contributed by atoms with Crippen molar-refractivity contribution < 1.29 is 14.4 Å². The number of aryl methyl sites for hydroxylation is 1. The van der Waals surface area contributed by atoms with Gasteiger partial charge < -0.3 is 10.6 Å². The zero-order valence-corrected chi connectivity index (χ0v) is 18.1. The van der Waals surface area contributed by atoms with Crippen LogP contribution in [0, 0.1) is 6.92 Å². The molecule has 162 valence electrons. The van der Waals surface area contributed by atoms with Crippen LogP contribution in [-0.2, 0) is 20.5 Å². The lowest BCUT2D eigenvalue weighted by Crippen LogP contribution is -2.46. The summed E-state index contributed by atoms with van der Waals surface area (Å²) >= 11 is 0. The second-order valence-corrected chi connectivity index (χ2v) is 8.94. The van der Waals surface area contributed by atoms with Crippen molar-refractivity contribution in [2.24, 2.45) is 0 Å². The fourth-order valence-electron chi connectivity index (χ4n) is 4.80. The standard InChI is InChI=1S/C25H29N3O3/c1-18-10-12-19(13-11-18)24(2)22(30)28(23(31)27-24)16-21(29)26-17-25(14-6-7-15-25)20-8-4-3-5-9-20/h3-5,8-13H,6-7,14-17H2,1-2H3,(H,26,29)(H,27,31). The fraction of sp³-hybridized carbons (Fsp3) is 0.400. The Bertz CT molecular complexity index is 981. The van der Waals surface area contributed by atoms with Crippen LogP contribution in [0.5, 0.6) is 0 Å². The van der Waals surface area contributed by atoms with E-state index in [1.165, 1.54) is 5.56 Å². The Balaban J connectivity index is 1.43. The highest BCUT2D eigenvalue weighted by Crippen LogP contribution is 2.40. The van der Waals surface area contributed by atoms with E-state index in [4.69, 9.17) is 0 Å². The van der Waals surface area contributed by atoms with Crippen molar-refractivity contribution >= 4 is 17.8 Å². The van der Waals surface area contributed by atoms with Crippen molar-refractivity contribution in [1.29, 1.82) is 0 Å². The molecule has 0 radical (unpaired) electrons. The molecule has 2 fully saturated rings. The highest BCUT2D eigenvalue weighted by Gasteiger charge is 2.49.